The number of nitrogens with zero attached hydrogens (tertiary/aromatic N) is 3. The summed E-state index contributed by atoms with van der Waals surface area (Å²) in [6.07, 6.45) is 5.95. The average molecular weight is 295 g/mol. The molecule has 0 bridgehead atoms. The zero-order valence-corrected chi connectivity index (χ0v) is 11.9. The lowest BCUT2D eigenvalue weighted by Gasteiger charge is -2.37. The highest BCUT2D eigenvalue weighted by Crippen LogP contribution is 2.31. The molecule has 0 atom stereocenters. The van der Waals surface area contributed by atoms with Gasteiger partial charge in [-0.25, -0.2) is 4.68 Å². The first-order chi connectivity index (χ1) is 10.0. The number of hydrogen-bond donors (Lipinski definition) is 3. The van der Waals surface area contributed by atoms with Gasteiger partial charge in [0, 0.05) is 6.54 Å². The summed E-state index contributed by atoms with van der Waals surface area (Å²) < 4.78 is 1.41. The summed E-state index contributed by atoms with van der Waals surface area (Å²) in [7, 11) is 0. The molecule has 8 heteroatoms. The molecule has 1 fully saturated rings. The van der Waals surface area contributed by atoms with E-state index in [1.807, 2.05) is 0 Å². The van der Waals surface area contributed by atoms with E-state index in [4.69, 9.17) is 10.8 Å². The fourth-order valence-electron chi connectivity index (χ4n) is 2.86. The van der Waals surface area contributed by atoms with E-state index in [1.165, 1.54) is 4.68 Å². The molecule has 0 unspecified atom stereocenters. The Hall–Kier alpha value is -1.96. The van der Waals surface area contributed by atoms with Gasteiger partial charge in [-0.15, -0.1) is 5.10 Å². The molecule has 116 valence electrons. The second-order valence-electron chi connectivity index (χ2n) is 5.57. The van der Waals surface area contributed by atoms with E-state index in [2.05, 4.69) is 15.6 Å². The van der Waals surface area contributed by atoms with Crippen LogP contribution in [0.5, 0.6) is 0 Å². The van der Waals surface area contributed by atoms with Crippen LogP contribution in [0.2, 0.25) is 0 Å². The second-order valence-corrected chi connectivity index (χ2v) is 5.57. The van der Waals surface area contributed by atoms with Gasteiger partial charge in [-0.1, -0.05) is 24.5 Å². The molecule has 1 aromatic rings. The van der Waals surface area contributed by atoms with Crippen LogP contribution in [0.25, 0.3) is 0 Å². The van der Waals surface area contributed by atoms with Crippen molar-refractivity contribution >= 4 is 11.9 Å². The largest absolute Gasteiger partial charge is 0.481 e. The highest BCUT2D eigenvalue weighted by atomic mass is 16.4. The van der Waals surface area contributed by atoms with Gasteiger partial charge in [-0.05, 0) is 12.8 Å². The molecule has 2 rings (SSSR count). The number of carbonyl (C=O) groups is 2. The zero-order valence-electron chi connectivity index (χ0n) is 11.9. The van der Waals surface area contributed by atoms with Crippen LogP contribution in [0.1, 0.15) is 44.2 Å². The molecule has 21 heavy (non-hydrogen) atoms. The van der Waals surface area contributed by atoms with Crippen molar-refractivity contribution in [3.05, 3.63) is 11.9 Å². The van der Waals surface area contributed by atoms with Crippen LogP contribution in [0.4, 0.5) is 0 Å². The van der Waals surface area contributed by atoms with Crippen molar-refractivity contribution in [2.24, 2.45) is 5.73 Å². The molecule has 0 aromatic carbocycles. The van der Waals surface area contributed by atoms with Crippen LogP contribution >= 0.6 is 0 Å². The fourth-order valence-corrected chi connectivity index (χ4v) is 2.86. The molecule has 1 saturated carbocycles. The van der Waals surface area contributed by atoms with Gasteiger partial charge in [0.1, 0.15) is 6.54 Å². The Kier molecular flexibility index (Phi) is 4.89. The Morgan fingerprint density at radius 3 is 2.67 bits per heavy atom. The molecule has 8 nitrogen and oxygen atoms in total. The Morgan fingerprint density at radius 2 is 2.10 bits per heavy atom. The molecule has 1 amide bonds. The van der Waals surface area contributed by atoms with Crippen LogP contribution < -0.4 is 11.1 Å². The molecule has 0 radical (unpaired) electrons. The van der Waals surface area contributed by atoms with Gasteiger partial charge in [0.15, 0.2) is 0 Å². The minimum Gasteiger partial charge on any atom is -0.481 e. The van der Waals surface area contributed by atoms with Crippen LogP contribution in [0, 0.1) is 0 Å². The van der Waals surface area contributed by atoms with Crippen LogP contribution in [0.15, 0.2) is 6.20 Å². The highest BCUT2D eigenvalue weighted by Gasteiger charge is 2.35. The van der Waals surface area contributed by atoms with Crippen molar-refractivity contribution in [2.75, 3.05) is 0 Å². The Bertz CT molecular complexity index is 508. The maximum absolute atomic E-state index is 12.1. The molecule has 1 aromatic heterocycles. The van der Waals surface area contributed by atoms with Gasteiger partial charge in [0.05, 0.1) is 23.9 Å². The molecule has 4 N–H and O–H groups in total. The van der Waals surface area contributed by atoms with Crippen molar-refractivity contribution in [2.45, 2.75) is 57.2 Å². The molecule has 1 aliphatic carbocycles. The summed E-state index contributed by atoms with van der Waals surface area (Å²) in [5.41, 5.74) is 5.42. The number of aromatic nitrogens is 3. The molecule has 0 aliphatic heterocycles. The first-order valence-corrected chi connectivity index (χ1v) is 7.15. The van der Waals surface area contributed by atoms with Crippen molar-refractivity contribution in [1.82, 2.24) is 20.3 Å². The van der Waals surface area contributed by atoms with Crippen molar-refractivity contribution < 1.29 is 14.7 Å². The Morgan fingerprint density at radius 1 is 1.38 bits per heavy atom. The monoisotopic (exact) mass is 295 g/mol. The van der Waals surface area contributed by atoms with Crippen molar-refractivity contribution in [1.29, 1.82) is 0 Å². The number of nitrogens with two attached hydrogens (primary N) is 1. The van der Waals surface area contributed by atoms with Crippen LogP contribution in [-0.2, 0) is 22.7 Å². The van der Waals surface area contributed by atoms with E-state index in [1.54, 1.807) is 6.20 Å². The second kappa shape index (κ2) is 6.66. The maximum atomic E-state index is 12.1. The summed E-state index contributed by atoms with van der Waals surface area (Å²) in [6, 6.07) is 0. The van der Waals surface area contributed by atoms with Gasteiger partial charge in [0.2, 0.25) is 5.91 Å². The number of nitrogens with one attached hydrogen (secondary N) is 1. The number of carboxylic acids is 1. The predicted molar refractivity (Wildman–Crippen MR) is 74.1 cm³/mol. The number of amides is 1. The van der Waals surface area contributed by atoms with Crippen LogP contribution in [-0.4, -0.2) is 37.5 Å². The summed E-state index contributed by atoms with van der Waals surface area (Å²) >= 11 is 0. The third-order valence-electron chi connectivity index (χ3n) is 3.81. The van der Waals surface area contributed by atoms with Crippen LogP contribution in [0.3, 0.4) is 0 Å². The van der Waals surface area contributed by atoms with E-state index < -0.39 is 11.5 Å². The SMILES string of the molecule is NCc1cn(CC(=O)NC2(CC(=O)O)CCCCC2)nn1. The third-order valence-corrected chi connectivity index (χ3v) is 3.81. The smallest absolute Gasteiger partial charge is 0.305 e. The first-order valence-electron chi connectivity index (χ1n) is 7.15. The van der Waals surface area contributed by atoms with Gasteiger partial charge in [-0.3, -0.25) is 9.59 Å². The molecule has 1 heterocycles. The van der Waals surface area contributed by atoms with E-state index >= 15 is 0 Å². The normalized spacial score (nSPS) is 17.4. The number of carbonyl (C=O) groups excluding carboxylic acids is 1. The standard InChI is InChI=1S/C13H21N5O3/c14-7-10-8-18(17-16-10)9-11(19)15-13(6-12(20)21)4-2-1-3-5-13/h8H,1-7,9,14H2,(H,15,19)(H,20,21). The van der Waals surface area contributed by atoms with E-state index in [-0.39, 0.29) is 25.4 Å². The minimum atomic E-state index is -0.886. The third kappa shape index (κ3) is 4.25. The minimum absolute atomic E-state index is 0.0222. The van der Waals surface area contributed by atoms with Crippen molar-refractivity contribution in [3.63, 3.8) is 0 Å². The topological polar surface area (TPSA) is 123 Å². The summed E-state index contributed by atoms with van der Waals surface area (Å²) in [5.74, 6) is -1.13. The maximum Gasteiger partial charge on any atom is 0.305 e. The van der Waals surface area contributed by atoms with Crippen molar-refractivity contribution in [3.8, 4) is 0 Å². The lowest BCUT2D eigenvalue weighted by Crippen LogP contribution is -2.52. The van der Waals surface area contributed by atoms with E-state index in [0.29, 0.717) is 18.5 Å². The number of aliphatic carboxylic acids is 1. The Labute approximate surface area is 122 Å². The summed E-state index contributed by atoms with van der Waals surface area (Å²) in [5, 5.41) is 19.6. The predicted octanol–water partition coefficient (Wildman–Crippen LogP) is 0.0306. The molecular weight excluding hydrogens is 274 g/mol. The van der Waals surface area contributed by atoms with E-state index in [9.17, 15) is 9.59 Å². The quantitative estimate of drug-likeness (QED) is 0.680. The zero-order chi connectivity index (χ0) is 15.3. The Balaban J connectivity index is 1.98. The molecule has 0 spiro atoms. The van der Waals surface area contributed by atoms with Gasteiger partial charge in [0.25, 0.3) is 0 Å². The highest BCUT2D eigenvalue weighted by molar-refractivity contribution is 5.78. The molecular formula is C13H21N5O3. The van der Waals surface area contributed by atoms with Gasteiger partial charge >= 0.3 is 5.97 Å². The van der Waals surface area contributed by atoms with Gasteiger partial charge < -0.3 is 16.2 Å². The average Bonchev–Trinajstić information content (AvgIpc) is 2.86. The van der Waals surface area contributed by atoms with Gasteiger partial charge in [-0.2, -0.15) is 0 Å². The lowest BCUT2D eigenvalue weighted by molar-refractivity contribution is -0.139. The molecule has 0 saturated heterocycles. The summed E-state index contributed by atoms with van der Waals surface area (Å²) in [6.45, 7) is 0.291. The van der Waals surface area contributed by atoms with E-state index in [0.717, 1.165) is 19.3 Å². The summed E-state index contributed by atoms with van der Waals surface area (Å²) in [4.78, 5) is 23.2. The number of carboxylic acid groups (broad SMARTS) is 1. The number of hydrogen-bond acceptors (Lipinski definition) is 5. The number of rotatable bonds is 6. The molecule has 1 aliphatic rings. The lowest BCUT2D eigenvalue weighted by atomic mass is 9.79. The first kappa shape index (κ1) is 15.4. The fraction of sp³-hybridized carbons (Fsp3) is 0.692.